The summed E-state index contributed by atoms with van der Waals surface area (Å²) in [6.45, 7) is 0. The van der Waals surface area contributed by atoms with Crippen LogP contribution in [0, 0.1) is 0 Å². The molecule has 0 amide bonds. The summed E-state index contributed by atoms with van der Waals surface area (Å²) in [5, 5.41) is 6.56. The lowest BCUT2D eigenvalue weighted by atomic mass is 10.3. The zero-order chi connectivity index (χ0) is 16.8. The number of nitrogens with one attached hydrogen (secondary N) is 3. The summed E-state index contributed by atoms with van der Waals surface area (Å²) in [4.78, 5) is 9.66. The van der Waals surface area contributed by atoms with Gasteiger partial charge in [-0.05, 0) is 61.5 Å². The van der Waals surface area contributed by atoms with Crippen LogP contribution in [0.15, 0.2) is 70.3 Å². The molecule has 0 saturated heterocycles. The first kappa shape index (κ1) is 16.8. The molecule has 3 N–H and O–H groups in total. The first-order valence-corrected chi connectivity index (χ1v) is 8.89. The second-order valence-electron chi connectivity index (χ2n) is 4.88. The van der Waals surface area contributed by atoms with Gasteiger partial charge < -0.3 is 10.6 Å². The number of nitrogens with zero attached hydrogens (tertiary/aromatic N) is 2. The number of halogens is 1. The molecule has 3 rings (SSSR count). The van der Waals surface area contributed by atoms with Gasteiger partial charge in [-0.3, -0.25) is 4.72 Å². The number of rotatable bonds is 6. The van der Waals surface area contributed by atoms with Crippen molar-refractivity contribution in [1.29, 1.82) is 0 Å². The van der Waals surface area contributed by atoms with Crippen molar-refractivity contribution in [3.05, 3.63) is 65.4 Å². The standard InChI is InChI=1S/C17H16BrN5S/c1-19-24-15-4-2-3-14(9-15)23-17-10-16(20-11-21-17)22-13-7-5-12(18)6-8-13/h2-11,19H,1H3,(H2,20,21,22,23). The summed E-state index contributed by atoms with van der Waals surface area (Å²) in [5.74, 6) is 1.46. The quantitative estimate of drug-likeness (QED) is 0.507. The highest BCUT2D eigenvalue weighted by Crippen LogP contribution is 2.23. The van der Waals surface area contributed by atoms with Gasteiger partial charge in [-0.1, -0.05) is 22.0 Å². The Morgan fingerprint density at radius 1 is 0.875 bits per heavy atom. The average Bonchev–Trinajstić information content (AvgIpc) is 2.58. The van der Waals surface area contributed by atoms with E-state index >= 15 is 0 Å². The molecular weight excluding hydrogens is 386 g/mol. The molecule has 0 bridgehead atoms. The highest BCUT2D eigenvalue weighted by molar-refractivity contribution is 9.10. The monoisotopic (exact) mass is 401 g/mol. The fourth-order valence-electron chi connectivity index (χ4n) is 2.08. The molecule has 0 saturated carbocycles. The highest BCUT2D eigenvalue weighted by atomic mass is 79.9. The Kier molecular flexibility index (Phi) is 5.68. The van der Waals surface area contributed by atoms with E-state index in [1.807, 2.05) is 55.6 Å². The Bertz CT molecular complexity index is 810. The Morgan fingerprint density at radius 2 is 1.58 bits per heavy atom. The van der Waals surface area contributed by atoms with E-state index in [1.165, 1.54) is 6.33 Å². The fourth-order valence-corrected chi connectivity index (χ4v) is 2.91. The summed E-state index contributed by atoms with van der Waals surface area (Å²) in [5.41, 5.74) is 1.94. The van der Waals surface area contributed by atoms with E-state index in [-0.39, 0.29) is 0 Å². The van der Waals surface area contributed by atoms with Crippen molar-refractivity contribution in [2.45, 2.75) is 4.90 Å². The van der Waals surface area contributed by atoms with Crippen molar-refractivity contribution >= 4 is 50.9 Å². The van der Waals surface area contributed by atoms with Crippen LogP contribution in [-0.2, 0) is 0 Å². The van der Waals surface area contributed by atoms with Gasteiger partial charge in [0, 0.05) is 26.8 Å². The minimum atomic E-state index is 0.732. The second kappa shape index (κ2) is 8.14. The topological polar surface area (TPSA) is 61.9 Å². The smallest absolute Gasteiger partial charge is 0.135 e. The number of aromatic nitrogens is 2. The largest absolute Gasteiger partial charge is 0.340 e. The number of hydrogen-bond acceptors (Lipinski definition) is 6. The molecule has 1 heterocycles. The highest BCUT2D eigenvalue weighted by Gasteiger charge is 2.02. The Morgan fingerprint density at radius 3 is 2.29 bits per heavy atom. The van der Waals surface area contributed by atoms with Crippen LogP contribution in [0.2, 0.25) is 0 Å². The average molecular weight is 402 g/mol. The van der Waals surface area contributed by atoms with Crippen LogP contribution in [0.3, 0.4) is 0 Å². The molecule has 0 aliphatic heterocycles. The van der Waals surface area contributed by atoms with E-state index < -0.39 is 0 Å². The van der Waals surface area contributed by atoms with Crippen molar-refractivity contribution in [2.75, 3.05) is 17.7 Å². The van der Waals surface area contributed by atoms with E-state index in [1.54, 1.807) is 11.9 Å². The maximum Gasteiger partial charge on any atom is 0.135 e. The summed E-state index contributed by atoms with van der Waals surface area (Å²) in [7, 11) is 1.90. The van der Waals surface area contributed by atoms with Crippen molar-refractivity contribution in [1.82, 2.24) is 14.7 Å². The van der Waals surface area contributed by atoms with Crippen molar-refractivity contribution in [3.63, 3.8) is 0 Å². The van der Waals surface area contributed by atoms with Gasteiger partial charge in [0.15, 0.2) is 0 Å². The van der Waals surface area contributed by atoms with Gasteiger partial charge in [-0.2, -0.15) is 0 Å². The lowest BCUT2D eigenvalue weighted by Crippen LogP contribution is -1.99. The molecule has 24 heavy (non-hydrogen) atoms. The van der Waals surface area contributed by atoms with E-state index in [2.05, 4.69) is 47.3 Å². The lowest BCUT2D eigenvalue weighted by Gasteiger charge is -2.09. The minimum Gasteiger partial charge on any atom is -0.340 e. The molecule has 2 aromatic carbocycles. The van der Waals surface area contributed by atoms with E-state index in [0.29, 0.717) is 0 Å². The minimum absolute atomic E-state index is 0.732. The molecule has 0 radical (unpaired) electrons. The van der Waals surface area contributed by atoms with Gasteiger partial charge in [0.2, 0.25) is 0 Å². The summed E-state index contributed by atoms with van der Waals surface area (Å²) < 4.78 is 4.10. The molecule has 5 nitrogen and oxygen atoms in total. The molecule has 0 unspecified atom stereocenters. The van der Waals surface area contributed by atoms with Crippen LogP contribution in [-0.4, -0.2) is 17.0 Å². The summed E-state index contributed by atoms with van der Waals surface area (Å²) in [6, 6.07) is 17.9. The maximum atomic E-state index is 4.27. The third-order valence-corrected chi connectivity index (χ3v) is 4.33. The van der Waals surface area contributed by atoms with Crippen molar-refractivity contribution < 1.29 is 0 Å². The predicted octanol–water partition coefficient (Wildman–Crippen LogP) is 4.95. The van der Waals surface area contributed by atoms with Crippen LogP contribution in [0.25, 0.3) is 0 Å². The fraction of sp³-hybridized carbons (Fsp3) is 0.0588. The van der Waals surface area contributed by atoms with Gasteiger partial charge in [0.1, 0.15) is 18.0 Å². The third-order valence-electron chi connectivity index (χ3n) is 3.11. The number of hydrogen-bond donors (Lipinski definition) is 3. The summed E-state index contributed by atoms with van der Waals surface area (Å²) in [6.07, 6.45) is 1.54. The van der Waals surface area contributed by atoms with Crippen LogP contribution >= 0.6 is 27.9 Å². The molecule has 3 aromatic rings. The zero-order valence-corrected chi connectivity index (χ0v) is 15.4. The first-order chi connectivity index (χ1) is 11.7. The number of benzene rings is 2. The molecule has 0 spiro atoms. The van der Waals surface area contributed by atoms with Gasteiger partial charge in [0.25, 0.3) is 0 Å². The maximum absolute atomic E-state index is 4.27. The third kappa shape index (κ3) is 4.70. The zero-order valence-electron chi connectivity index (χ0n) is 13.0. The molecule has 0 aliphatic rings. The Labute approximate surface area is 153 Å². The number of anilines is 4. The van der Waals surface area contributed by atoms with Gasteiger partial charge in [-0.25, -0.2) is 9.97 Å². The van der Waals surface area contributed by atoms with Crippen molar-refractivity contribution in [2.24, 2.45) is 0 Å². The van der Waals surface area contributed by atoms with Crippen LogP contribution in [0.1, 0.15) is 0 Å². The molecule has 0 aliphatic carbocycles. The van der Waals surface area contributed by atoms with E-state index in [9.17, 15) is 0 Å². The first-order valence-electron chi connectivity index (χ1n) is 7.28. The molecular formula is C17H16BrN5S. The van der Waals surface area contributed by atoms with Crippen LogP contribution in [0.5, 0.6) is 0 Å². The summed E-state index contributed by atoms with van der Waals surface area (Å²) >= 11 is 4.99. The van der Waals surface area contributed by atoms with Gasteiger partial charge in [0.05, 0.1) is 0 Å². The molecule has 122 valence electrons. The molecule has 0 atom stereocenters. The predicted molar refractivity (Wildman–Crippen MR) is 104 cm³/mol. The molecule has 7 heteroatoms. The van der Waals surface area contributed by atoms with Crippen LogP contribution < -0.4 is 15.4 Å². The van der Waals surface area contributed by atoms with Gasteiger partial charge >= 0.3 is 0 Å². The van der Waals surface area contributed by atoms with Crippen molar-refractivity contribution in [3.8, 4) is 0 Å². The Balaban J connectivity index is 1.73. The normalized spacial score (nSPS) is 10.4. The Hall–Kier alpha value is -2.09. The van der Waals surface area contributed by atoms with E-state index in [0.717, 1.165) is 32.4 Å². The van der Waals surface area contributed by atoms with Gasteiger partial charge in [-0.15, -0.1) is 0 Å². The van der Waals surface area contributed by atoms with Crippen LogP contribution in [0.4, 0.5) is 23.0 Å². The molecule has 0 fully saturated rings. The SMILES string of the molecule is CNSc1cccc(Nc2cc(Nc3ccc(Br)cc3)ncn2)c1. The van der Waals surface area contributed by atoms with E-state index in [4.69, 9.17) is 0 Å². The second-order valence-corrected chi connectivity index (χ2v) is 6.88. The lowest BCUT2D eigenvalue weighted by molar-refractivity contribution is 1.16. The molecule has 1 aromatic heterocycles.